The maximum absolute atomic E-state index is 11.6. The number of anilines is 1. The highest BCUT2D eigenvalue weighted by atomic mass is 79.9. The molecule has 0 atom stereocenters. The Labute approximate surface area is 107 Å². The number of hydrogen-bond acceptors (Lipinski definition) is 3. The summed E-state index contributed by atoms with van der Waals surface area (Å²) >= 11 is 9.23. The van der Waals surface area contributed by atoms with E-state index in [-0.39, 0.29) is 5.91 Å². The Bertz CT molecular complexity index is 427. The summed E-state index contributed by atoms with van der Waals surface area (Å²) in [6.45, 7) is 1.87. The number of halogens is 2. The van der Waals surface area contributed by atoms with Crippen LogP contribution in [0.25, 0.3) is 0 Å². The fraction of sp³-hybridized carbons (Fsp3) is 0.400. The summed E-state index contributed by atoms with van der Waals surface area (Å²) in [5.74, 6) is 0.876. The molecule has 0 unspecified atom stereocenters. The van der Waals surface area contributed by atoms with Gasteiger partial charge in [0.2, 0.25) is 5.91 Å². The first-order chi connectivity index (χ1) is 7.58. The van der Waals surface area contributed by atoms with Gasteiger partial charge in [0.1, 0.15) is 5.82 Å². The van der Waals surface area contributed by atoms with E-state index in [1.807, 2.05) is 11.9 Å². The van der Waals surface area contributed by atoms with Gasteiger partial charge in [-0.2, -0.15) is 0 Å². The molecular formula is C10H11BrClN3O. The van der Waals surface area contributed by atoms with Crippen LogP contribution >= 0.6 is 27.5 Å². The van der Waals surface area contributed by atoms with Crippen molar-refractivity contribution in [1.29, 1.82) is 0 Å². The van der Waals surface area contributed by atoms with Crippen molar-refractivity contribution < 1.29 is 4.79 Å². The number of carbonyl (C=O) groups excluding carboxylic acids is 1. The van der Waals surface area contributed by atoms with Crippen LogP contribution in [0.2, 0.25) is 5.02 Å². The van der Waals surface area contributed by atoms with Crippen LogP contribution in [0.15, 0.2) is 16.7 Å². The van der Waals surface area contributed by atoms with Crippen molar-refractivity contribution in [1.82, 2.24) is 9.88 Å². The molecular weight excluding hydrogens is 293 g/mol. The van der Waals surface area contributed by atoms with Gasteiger partial charge in [-0.15, -0.1) is 0 Å². The molecule has 1 aromatic heterocycles. The first-order valence-electron chi connectivity index (χ1n) is 4.88. The zero-order valence-corrected chi connectivity index (χ0v) is 11.1. The van der Waals surface area contributed by atoms with Gasteiger partial charge in [0, 0.05) is 26.3 Å². The fourth-order valence-electron chi connectivity index (χ4n) is 1.58. The normalized spacial score (nSPS) is 16.8. The molecule has 1 fully saturated rings. The molecule has 1 aliphatic heterocycles. The third-order valence-corrected chi connectivity index (χ3v) is 3.34. The minimum Gasteiger partial charge on any atom is -0.345 e. The fourth-order valence-corrected chi connectivity index (χ4v) is 2.47. The lowest BCUT2D eigenvalue weighted by molar-refractivity contribution is -0.129. The summed E-state index contributed by atoms with van der Waals surface area (Å²) in [5, 5.41) is 0.580. The van der Waals surface area contributed by atoms with E-state index in [0.717, 1.165) is 23.4 Å². The molecule has 0 spiro atoms. The molecule has 1 aliphatic rings. The lowest BCUT2D eigenvalue weighted by Crippen LogP contribution is -2.48. The van der Waals surface area contributed by atoms with Crippen molar-refractivity contribution >= 4 is 39.3 Å². The average Bonchev–Trinajstić information content (AvgIpc) is 2.22. The third-order valence-electron chi connectivity index (χ3n) is 2.55. The average molecular weight is 305 g/mol. The molecule has 1 aromatic rings. The van der Waals surface area contributed by atoms with Gasteiger partial charge < -0.3 is 9.80 Å². The highest BCUT2D eigenvalue weighted by Crippen LogP contribution is 2.27. The Morgan fingerprint density at radius 1 is 1.50 bits per heavy atom. The van der Waals surface area contributed by atoms with Crippen molar-refractivity contribution in [2.75, 3.05) is 31.6 Å². The van der Waals surface area contributed by atoms with E-state index in [1.165, 1.54) is 0 Å². The van der Waals surface area contributed by atoms with Crippen LogP contribution < -0.4 is 4.90 Å². The van der Waals surface area contributed by atoms with Crippen molar-refractivity contribution in [2.24, 2.45) is 0 Å². The summed E-state index contributed by atoms with van der Waals surface area (Å²) < 4.78 is 0.817. The van der Waals surface area contributed by atoms with Crippen LogP contribution in [0.5, 0.6) is 0 Å². The van der Waals surface area contributed by atoms with Gasteiger partial charge in [0.25, 0.3) is 0 Å². The van der Waals surface area contributed by atoms with Gasteiger partial charge in [-0.1, -0.05) is 11.6 Å². The molecule has 2 rings (SSSR count). The SMILES string of the molecule is CN1CCN(c2ncc(Cl)cc2Br)CC1=O. The lowest BCUT2D eigenvalue weighted by Gasteiger charge is -2.33. The molecule has 0 radical (unpaired) electrons. The number of rotatable bonds is 1. The quantitative estimate of drug-likeness (QED) is 0.793. The van der Waals surface area contributed by atoms with Crippen LogP contribution in [0.4, 0.5) is 5.82 Å². The summed E-state index contributed by atoms with van der Waals surface area (Å²) in [4.78, 5) is 19.5. The van der Waals surface area contributed by atoms with Gasteiger partial charge >= 0.3 is 0 Å². The molecule has 16 heavy (non-hydrogen) atoms. The molecule has 0 N–H and O–H groups in total. The first-order valence-corrected chi connectivity index (χ1v) is 6.05. The Morgan fingerprint density at radius 2 is 2.25 bits per heavy atom. The zero-order valence-electron chi connectivity index (χ0n) is 8.78. The molecule has 2 heterocycles. The van der Waals surface area contributed by atoms with Gasteiger partial charge in [0.05, 0.1) is 16.0 Å². The lowest BCUT2D eigenvalue weighted by atomic mass is 10.3. The van der Waals surface area contributed by atoms with Crippen LogP contribution in [0.3, 0.4) is 0 Å². The summed E-state index contributed by atoms with van der Waals surface area (Å²) in [6.07, 6.45) is 1.59. The maximum atomic E-state index is 11.6. The van der Waals surface area contributed by atoms with E-state index in [1.54, 1.807) is 17.2 Å². The largest absolute Gasteiger partial charge is 0.345 e. The van der Waals surface area contributed by atoms with E-state index >= 15 is 0 Å². The van der Waals surface area contributed by atoms with Crippen LogP contribution in [-0.4, -0.2) is 42.5 Å². The van der Waals surface area contributed by atoms with Crippen molar-refractivity contribution in [3.8, 4) is 0 Å². The standard InChI is InChI=1S/C10H11BrClN3O/c1-14-2-3-15(6-9(14)16)10-8(11)4-7(12)5-13-10/h4-5H,2-3,6H2,1H3. The molecule has 6 heteroatoms. The minimum atomic E-state index is 0.106. The van der Waals surface area contributed by atoms with Crippen molar-refractivity contribution in [3.05, 3.63) is 21.8 Å². The number of amides is 1. The van der Waals surface area contributed by atoms with E-state index in [4.69, 9.17) is 11.6 Å². The first kappa shape index (κ1) is 11.7. The molecule has 1 saturated heterocycles. The number of carbonyl (C=O) groups is 1. The Kier molecular flexibility index (Phi) is 3.35. The minimum absolute atomic E-state index is 0.106. The number of likely N-dealkylation sites (N-methyl/N-ethyl adjacent to an activating group) is 1. The Hall–Kier alpha value is -0.810. The molecule has 4 nitrogen and oxygen atoms in total. The van der Waals surface area contributed by atoms with Crippen LogP contribution in [-0.2, 0) is 4.79 Å². The molecule has 1 amide bonds. The molecule has 86 valence electrons. The predicted octanol–water partition coefficient (Wildman–Crippen LogP) is 1.78. The monoisotopic (exact) mass is 303 g/mol. The van der Waals surface area contributed by atoms with Gasteiger partial charge in [-0.3, -0.25) is 4.79 Å². The second-order valence-electron chi connectivity index (χ2n) is 3.70. The summed E-state index contributed by atoms with van der Waals surface area (Å²) in [6, 6.07) is 1.78. The molecule has 0 bridgehead atoms. The van der Waals surface area contributed by atoms with Gasteiger partial charge in [-0.05, 0) is 22.0 Å². The molecule has 0 saturated carbocycles. The van der Waals surface area contributed by atoms with E-state index in [9.17, 15) is 4.79 Å². The number of pyridine rings is 1. The van der Waals surface area contributed by atoms with Crippen molar-refractivity contribution in [3.63, 3.8) is 0 Å². The van der Waals surface area contributed by atoms with E-state index in [2.05, 4.69) is 20.9 Å². The number of aromatic nitrogens is 1. The highest BCUT2D eigenvalue weighted by Gasteiger charge is 2.23. The smallest absolute Gasteiger partial charge is 0.241 e. The number of piperazine rings is 1. The number of nitrogens with zero attached hydrogens (tertiary/aromatic N) is 3. The Balaban J connectivity index is 2.22. The third kappa shape index (κ3) is 2.30. The predicted molar refractivity (Wildman–Crippen MR) is 66.8 cm³/mol. The molecule has 0 aliphatic carbocycles. The summed E-state index contributed by atoms with van der Waals surface area (Å²) in [7, 11) is 1.81. The topological polar surface area (TPSA) is 36.4 Å². The maximum Gasteiger partial charge on any atom is 0.241 e. The second-order valence-corrected chi connectivity index (χ2v) is 4.99. The van der Waals surface area contributed by atoms with E-state index in [0.29, 0.717) is 11.6 Å². The molecule has 0 aromatic carbocycles. The summed E-state index contributed by atoms with van der Waals surface area (Å²) in [5.41, 5.74) is 0. The van der Waals surface area contributed by atoms with Crippen LogP contribution in [0, 0.1) is 0 Å². The van der Waals surface area contributed by atoms with Gasteiger partial charge in [0.15, 0.2) is 0 Å². The Morgan fingerprint density at radius 3 is 2.88 bits per heavy atom. The van der Waals surface area contributed by atoms with E-state index < -0.39 is 0 Å². The van der Waals surface area contributed by atoms with Crippen LogP contribution in [0.1, 0.15) is 0 Å². The van der Waals surface area contributed by atoms with Crippen molar-refractivity contribution in [2.45, 2.75) is 0 Å². The second kappa shape index (κ2) is 4.59. The highest BCUT2D eigenvalue weighted by molar-refractivity contribution is 9.10. The number of hydrogen-bond donors (Lipinski definition) is 0. The zero-order chi connectivity index (χ0) is 11.7. The van der Waals surface area contributed by atoms with Gasteiger partial charge in [-0.25, -0.2) is 4.98 Å².